The second kappa shape index (κ2) is 10.0. The van der Waals surface area contributed by atoms with Crippen molar-refractivity contribution in [3.05, 3.63) is 85.7 Å². The van der Waals surface area contributed by atoms with Crippen molar-refractivity contribution in [2.24, 2.45) is 0 Å². The van der Waals surface area contributed by atoms with E-state index in [0.717, 1.165) is 16.6 Å². The Labute approximate surface area is 199 Å². The molecule has 0 saturated carbocycles. The SMILES string of the molecule is COc1ccc(CCNC(=O)c2ccc(Cn3c(=S)[nH]c4ccsc4c3=O)cc2)cc1OC. The second-order valence-electron chi connectivity index (χ2n) is 7.38. The van der Waals surface area contributed by atoms with Gasteiger partial charge in [-0.3, -0.25) is 14.2 Å². The van der Waals surface area contributed by atoms with Crippen LogP contribution in [0.4, 0.5) is 0 Å². The molecule has 9 heteroatoms. The van der Waals surface area contributed by atoms with Crippen LogP contribution in [0.3, 0.4) is 0 Å². The number of aromatic nitrogens is 2. The van der Waals surface area contributed by atoms with Gasteiger partial charge in [0.25, 0.3) is 11.5 Å². The summed E-state index contributed by atoms with van der Waals surface area (Å²) in [5.74, 6) is 1.18. The summed E-state index contributed by atoms with van der Waals surface area (Å²) in [6, 6.07) is 14.7. The van der Waals surface area contributed by atoms with Crippen molar-refractivity contribution in [2.75, 3.05) is 20.8 Å². The smallest absolute Gasteiger partial charge is 0.272 e. The van der Waals surface area contributed by atoms with Crippen LogP contribution in [0.25, 0.3) is 10.2 Å². The Morgan fingerprint density at radius 3 is 2.52 bits per heavy atom. The predicted octanol–water partition coefficient (Wildman–Crippen LogP) is 4.16. The Hall–Kier alpha value is -3.43. The number of nitrogens with one attached hydrogen (secondary N) is 2. The van der Waals surface area contributed by atoms with E-state index in [1.807, 2.05) is 41.8 Å². The van der Waals surface area contributed by atoms with Gasteiger partial charge in [-0.05, 0) is 65.5 Å². The molecule has 2 heterocycles. The van der Waals surface area contributed by atoms with E-state index in [4.69, 9.17) is 21.7 Å². The summed E-state index contributed by atoms with van der Waals surface area (Å²) in [5, 5.41) is 4.79. The van der Waals surface area contributed by atoms with E-state index in [2.05, 4.69) is 10.3 Å². The lowest BCUT2D eigenvalue weighted by Crippen LogP contribution is -2.25. The summed E-state index contributed by atoms with van der Waals surface area (Å²) in [4.78, 5) is 28.3. The van der Waals surface area contributed by atoms with Crippen molar-refractivity contribution in [1.82, 2.24) is 14.9 Å². The third kappa shape index (κ3) is 4.99. The molecule has 7 nitrogen and oxygen atoms in total. The van der Waals surface area contributed by atoms with Crippen LogP contribution in [-0.4, -0.2) is 36.2 Å². The van der Waals surface area contributed by atoms with Crippen LogP contribution in [0, 0.1) is 4.77 Å². The maximum absolute atomic E-state index is 12.7. The summed E-state index contributed by atoms with van der Waals surface area (Å²) >= 11 is 6.74. The number of aromatic amines is 1. The minimum Gasteiger partial charge on any atom is -0.493 e. The van der Waals surface area contributed by atoms with Crippen LogP contribution >= 0.6 is 23.6 Å². The summed E-state index contributed by atoms with van der Waals surface area (Å²) in [5.41, 5.74) is 3.12. The summed E-state index contributed by atoms with van der Waals surface area (Å²) in [7, 11) is 3.19. The Morgan fingerprint density at radius 2 is 1.79 bits per heavy atom. The molecule has 2 aromatic carbocycles. The molecular formula is C24H23N3O4S2. The predicted molar refractivity (Wildman–Crippen MR) is 132 cm³/mol. The normalized spacial score (nSPS) is 10.8. The number of rotatable bonds is 8. The van der Waals surface area contributed by atoms with Crippen molar-refractivity contribution in [1.29, 1.82) is 0 Å². The highest BCUT2D eigenvalue weighted by Gasteiger charge is 2.10. The number of methoxy groups -OCH3 is 2. The Morgan fingerprint density at radius 1 is 1.06 bits per heavy atom. The molecule has 33 heavy (non-hydrogen) atoms. The van der Waals surface area contributed by atoms with Crippen molar-refractivity contribution >= 4 is 39.7 Å². The van der Waals surface area contributed by atoms with Gasteiger partial charge in [0.15, 0.2) is 16.3 Å². The molecule has 0 saturated heterocycles. The number of carbonyl (C=O) groups is 1. The van der Waals surface area contributed by atoms with Crippen molar-refractivity contribution in [3.8, 4) is 11.5 Å². The first-order valence-electron chi connectivity index (χ1n) is 10.3. The fourth-order valence-electron chi connectivity index (χ4n) is 3.52. The van der Waals surface area contributed by atoms with E-state index >= 15 is 0 Å². The zero-order valence-electron chi connectivity index (χ0n) is 18.2. The van der Waals surface area contributed by atoms with Gasteiger partial charge in [-0.2, -0.15) is 0 Å². The van der Waals surface area contributed by atoms with Gasteiger partial charge in [0.2, 0.25) is 0 Å². The highest BCUT2D eigenvalue weighted by atomic mass is 32.1. The molecule has 170 valence electrons. The zero-order valence-corrected chi connectivity index (χ0v) is 19.8. The number of hydrogen-bond donors (Lipinski definition) is 2. The van der Waals surface area contributed by atoms with Crippen molar-refractivity contribution < 1.29 is 14.3 Å². The van der Waals surface area contributed by atoms with E-state index in [9.17, 15) is 9.59 Å². The number of ether oxygens (including phenoxy) is 2. The molecule has 0 unspecified atom stereocenters. The third-order valence-corrected chi connectivity index (χ3v) is 6.52. The maximum Gasteiger partial charge on any atom is 0.272 e. The molecule has 0 atom stereocenters. The minimum absolute atomic E-state index is 0.110. The first kappa shape index (κ1) is 22.8. The number of benzene rings is 2. The molecule has 4 rings (SSSR count). The van der Waals surface area contributed by atoms with Crippen molar-refractivity contribution in [2.45, 2.75) is 13.0 Å². The molecule has 0 aliphatic heterocycles. The molecule has 0 spiro atoms. The molecule has 1 amide bonds. The van der Waals surface area contributed by atoms with E-state index < -0.39 is 0 Å². The minimum atomic E-state index is -0.156. The third-order valence-electron chi connectivity index (χ3n) is 5.30. The number of carbonyl (C=O) groups excluding carboxylic acids is 1. The van der Waals surface area contributed by atoms with Gasteiger partial charge in [0.05, 0.1) is 26.3 Å². The quantitative estimate of drug-likeness (QED) is 0.369. The fraction of sp³-hybridized carbons (Fsp3) is 0.208. The largest absolute Gasteiger partial charge is 0.493 e. The highest BCUT2D eigenvalue weighted by molar-refractivity contribution is 7.71. The fourth-order valence-corrected chi connectivity index (χ4v) is 4.57. The van der Waals surface area contributed by atoms with Crippen molar-refractivity contribution in [3.63, 3.8) is 0 Å². The number of amides is 1. The van der Waals surface area contributed by atoms with Gasteiger partial charge < -0.3 is 19.8 Å². The molecule has 0 fully saturated rings. The lowest BCUT2D eigenvalue weighted by atomic mass is 10.1. The standard InChI is InChI=1S/C24H23N3O4S2/c1-30-19-8-5-15(13-20(19)31-2)9-11-25-22(28)17-6-3-16(4-7-17)14-27-23(29)21-18(10-12-33-21)26-24(27)32/h3-8,10,12-13H,9,11,14H2,1-2H3,(H,25,28)(H,26,32). The van der Waals surface area contributed by atoms with E-state index in [1.54, 1.807) is 26.4 Å². The Balaban J connectivity index is 1.38. The first-order valence-corrected chi connectivity index (χ1v) is 11.6. The lowest BCUT2D eigenvalue weighted by Gasteiger charge is -2.10. The van der Waals surface area contributed by atoms with Gasteiger partial charge >= 0.3 is 0 Å². The topological polar surface area (TPSA) is 85.4 Å². The van der Waals surface area contributed by atoms with Crippen LogP contribution in [0.5, 0.6) is 11.5 Å². The second-order valence-corrected chi connectivity index (χ2v) is 8.68. The molecule has 0 aliphatic rings. The Kier molecular flexibility index (Phi) is 6.90. The van der Waals surface area contributed by atoms with Gasteiger partial charge in [-0.15, -0.1) is 11.3 Å². The number of H-pyrrole nitrogens is 1. The number of fused-ring (bicyclic) bond motifs is 1. The lowest BCUT2D eigenvalue weighted by molar-refractivity contribution is 0.0954. The average molecular weight is 482 g/mol. The van der Waals surface area contributed by atoms with Crippen LogP contribution in [-0.2, 0) is 13.0 Å². The van der Waals surface area contributed by atoms with E-state index in [-0.39, 0.29) is 11.5 Å². The number of nitrogens with zero attached hydrogens (tertiary/aromatic N) is 1. The molecule has 0 bridgehead atoms. The first-order chi connectivity index (χ1) is 16.0. The van der Waals surface area contributed by atoms with Crippen LogP contribution < -0.4 is 20.3 Å². The molecule has 2 aromatic heterocycles. The molecular weight excluding hydrogens is 458 g/mol. The number of hydrogen-bond acceptors (Lipinski definition) is 6. The van der Waals surface area contributed by atoms with Crippen LogP contribution in [0.15, 0.2) is 58.7 Å². The van der Waals surface area contributed by atoms with E-state index in [1.165, 1.54) is 15.9 Å². The molecule has 2 N–H and O–H groups in total. The van der Waals surface area contributed by atoms with Gasteiger partial charge in [0.1, 0.15) is 4.70 Å². The summed E-state index contributed by atoms with van der Waals surface area (Å²) < 4.78 is 13.1. The maximum atomic E-state index is 12.7. The van der Waals surface area contributed by atoms with Gasteiger partial charge in [0, 0.05) is 12.1 Å². The average Bonchev–Trinajstić information content (AvgIpc) is 3.30. The zero-order chi connectivity index (χ0) is 23.4. The highest BCUT2D eigenvalue weighted by Crippen LogP contribution is 2.27. The number of thiophene rings is 1. The molecule has 0 aliphatic carbocycles. The molecule has 0 radical (unpaired) electrons. The van der Waals surface area contributed by atoms with Crippen LogP contribution in [0.2, 0.25) is 0 Å². The van der Waals surface area contributed by atoms with Crippen LogP contribution in [0.1, 0.15) is 21.5 Å². The van der Waals surface area contributed by atoms with Gasteiger partial charge in [-0.25, -0.2) is 0 Å². The van der Waals surface area contributed by atoms with E-state index in [0.29, 0.717) is 46.0 Å². The molecule has 4 aromatic rings. The Bertz CT molecular complexity index is 1400. The monoisotopic (exact) mass is 481 g/mol. The summed E-state index contributed by atoms with van der Waals surface area (Å²) in [6.07, 6.45) is 0.663. The summed E-state index contributed by atoms with van der Waals surface area (Å²) in [6.45, 7) is 0.824. The van der Waals surface area contributed by atoms with Gasteiger partial charge in [-0.1, -0.05) is 18.2 Å².